The molecule has 0 saturated carbocycles. The van der Waals surface area contributed by atoms with Gasteiger partial charge in [-0.3, -0.25) is 9.36 Å². The number of aliphatic hydroxyl groups excluding tert-OH is 2. The number of aliphatic carboxylic acids is 1. The molecule has 22 heavy (non-hydrogen) atoms. The lowest BCUT2D eigenvalue weighted by atomic mass is 9.94. The molecule has 0 aromatic carbocycles. The van der Waals surface area contributed by atoms with E-state index in [1.165, 1.54) is 17.2 Å². The van der Waals surface area contributed by atoms with E-state index in [0.717, 1.165) is 0 Å². The SMILES string of the molecule is Nc1ncnc2c1ncn2[C@@H]1O[C@H](CO)C(CC(=O)O)C1O. The van der Waals surface area contributed by atoms with Crippen molar-refractivity contribution in [2.45, 2.75) is 24.9 Å². The summed E-state index contributed by atoms with van der Waals surface area (Å²) in [6, 6.07) is 0. The summed E-state index contributed by atoms with van der Waals surface area (Å²) in [5.41, 5.74) is 6.43. The number of aliphatic hydroxyl groups is 2. The number of hydrogen-bond acceptors (Lipinski definition) is 8. The molecule has 1 aliphatic heterocycles. The summed E-state index contributed by atoms with van der Waals surface area (Å²) >= 11 is 0. The number of hydrogen-bond donors (Lipinski definition) is 4. The van der Waals surface area contributed by atoms with E-state index in [2.05, 4.69) is 15.0 Å². The smallest absolute Gasteiger partial charge is 0.303 e. The van der Waals surface area contributed by atoms with Crippen LogP contribution < -0.4 is 5.73 Å². The van der Waals surface area contributed by atoms with Crippen LogP contribution >= 0.6 is 0 Å². The molecule has 3 heterocycles. The van der Waals surface area contributed by atoms with Crippen LogP contribution in [0, 0.1) is 5.92 Å². The van der Waals surface area contributed by atoms with Gasteiger partial charge in [0.25, 0.3) is 0 Å². The fourth-order valence-electron chi connectivity index (χ4n) is 2.71. The Morgan fingerprint density at radius 3 is 2.86 bits per heavy atom. The Morgan fingerprint density at radius 1 is 1.41 bits per heavy atom. The normalized spacial score (nSPS) is 28.3. The monoisotopic (exact) mass is 309 g/mol. The Kier molecular flexibility index (Phi) is 3.64. The average Bonchev–Trinajstić information content (AvgIpc) is 3.02. The molecule has 0 radical (unpaired) electrons. The molecular weight excluding hydrogens is 294 g/mol. The lowest BCUT2D eigenvalue weighted by Crippen LogP contribution is -2.30. The topological polar surface area (TPSA) is 157 Å². The van der Waals surface area contributed by atoms with E-state index in [-0.39, 0.29) is 12.2 Å². The number of carbonyl (C=O) groups is 1. The average molecular weight is 309 g/mol. The van der Waals surface area contributed by atoms with Crippen LogP contribution in [0.15, 0.2) is 12.7 Å². The third-order valence-electron chi connectivity index (χ3n) is 3.77. The van der Waals surface area contributed by atoms with Crippen molar-refractivity contribution < 1.29 is 24.9 Å². The second kappa shape index (κ2) is 5.48. The highest BCUT2D eigenvalue weighted by Crippen LogP contribution is 2.37. The molecule has 2 aromatic heterocycles. The molecule has 4 atom stereocenters. The molecule has 1 fully saturated rings. The number of fused-ring (bicyclic) bond motifs is 1. The largest absolute Gasteiger partial charge is 0.481 e. The number of aromatic nitrogens is 4. The fraction of sp³-hybridized carbons (Fsp3) is 0.500. The zero-order chi connectivity index (χ0) is 15.9. The Hall–Kier alpha value is -2.30. The number of nitrogens with zero attached hydrogens (tertiary/aromatic N) is 4. The summed E-state index contributed by atoms with van der Waals surface area (Å²) in [5.74, 6) is -1.62. The molecule has 1 saturated heterocycles. The molecule has 10 nitrogen and oxygen atoms in total. The predicted octanol–water partition coefficient (Wildman–Crippen LogP) is -1.25. The van der Waals surface area contributed by atoms with Gasteiger partial charge in [-0.15, -0.1) is 0 Å². The van der Waals surface area contributed by atoms with Crippen molar-refractivity contribution in [3.63, 3.8) is 0 Å². The Labute approximate surface area is 124 Å². The van der Waals surface area contributed by atoms with Gasteiger partial charge < -0.3 is 25.8 Å². The number of imidazole rings is 1. The van der Waals surface area contributed by atoms with Crippen molar-refractivity contribution in [1.82, 2.24) is 19.5 Å². The first kappa shape index (κ1) is 14.6. The molecule has 0 aliphatic carbocycles. The molecule has 1 aliphatic rings. The molecule has 2 unspecified atom stereocenters. The van der Waals surface area contributed by atoms with Gasteiger partial charge in [-0.2, -0.15) is 0 Å². The van der Waals surface area contributed by atoms with Crippen LogP contribution in [0.1, 0.15) is 12.6 Å². The molecule has 118 valence electrons. The summed E-state index contributed by atoms with van der Waals surface area (Å²) in [4.78, 5) is 22.9. The highest BCUT2D eigenvalue weighted by atomic mass is 16.5. The third-order valence-corrected chi connectivity index (χ3v) is 3.77. The second-order valence-electron chi connectivity index (χ2n) is 5.08. The van der Waals surface area contributed by atoms with E-state index in [9.17, 15) is 15.0 Å². The first-order chi connectivity index (χ1) is 10.5. The Balaban J connectivity index is 1.97. The van der Waals surface area contributed by atoms with Gasteiger partial charge in [0.2, 0.25) is 0 Å². The minimum absolute atomic E-state index is 0.192. The number of nitrogens with two attached hydrogens (primary N) is 1. The van der Waals surface area contributed by atoms with Crippen molar-refractivity contribution in [1.29, 1.82) is 0 Å². The Morgan fingerprint density at radius 2 is 2.18 bits per heavy atom. The van der Waals surface area contributed by atoms with Crippen LogP contribution in [-0.4, -0.2) is 59.6 Å². The molecule has 10 heteroatoms. The summed E-state index contributed by atoms with van der Waals surface area (Å²) in [6.07, 6.45) is -0.473. The van der Waals surface area contributed by atoms with E-state index in [0.29, 0.717) is 11.2 Å². The molecule has 0 bridgehead atoms. The standard InChI is InChI=1S/C12H15N5O5/c13-10-8-11(15-3-14-10)17(4-16-8)12-9(21)5(1-7(19)20)6(2-18)22-12/h3-6,9,12,18,21H,1-2H2,(H,19,20)(H2,13,14,15)/t5?,6-,9?,12-/m1/s1. The zero-order valence-corrected chi connectivity index (χ0v) is 11.4. The minimum Gasteiger partial charge on any atom is -0.481 e. The number of carboxylic acid groups (broad SMARTS) is 1. The van der Waals surface area contributed by atoms with Crippen molar-refractivity contribution in [3.8, 4) is 0 Å². The summed E-state index contributed by atoms with van der Waals surface area (Å²) in [6.45, 7) is -0.394. The number of anilines is 1. The van der Waals surface area contributed by atoms with E-state index in [1.807, 2.05) is 0 Å². The van der Waals surface area contributed by atoms with Crippen LogP contribution in [0.2, 0.25) is 0 Å². The molecule has 0 amide bonds. The van der Waals surface area contributed by atoms with Crippen LogP contribution in [0.25, 0.3) is 11.2 Å². The lowest BCUT2D eigenvalue weighted by molar-refractivity contribution is -0.139. The maximum Gasteiger partial charge on any atom is 0.303 e. The molecule has 0 spiro atoms. The van der Waals surface area contributed by atoms with Gasteiger partial charge in [0.1, 0.15) is 17.9 Å². The van der Waals surface area contributed by atoms with Gasteiger partial charge in [-0.25, -0.2) is 15.0 Å². The first-order valence-electron chi connectivity index (χ1n) is 6.62. The minimum atomic E-state index is -1.12. The number of carboxylic acids is 1. The van der Waals surface area contributed by atoms with E-state index in [1.54, 1.807) is 0 Å². The van der Waals surface area contributed by atoms with Crippen LogP contribution in [0.5, 0.6) is 0 Å². The van der Waals surface area contributed by atoms with Gasteiger partial charge in [-0.05, 0) is 0 Å². The van der Waals surface area contributed by atoms with Crippen molar-refractivity contribution in [2.75, 3.05) is 12.3 Å². The van der Waals surface area contributed by atoms with Crippen LogP contribution in [0.3, 0.4) is 0 Å². The van der Waals surface area contributed by atoms with Gasteiger partial charge in [0.15, 0.2) is 17.7 Å². The predicted molar refractivity (Wildman–Crippen MR) is 72.5 cm³/mol. The Bertz CT molecular complexity index is 704. The highest BCUT2D eigenvalue weighted by molar-refractivity contribution is 5.81. The van der Waals surface area contributed by atoms with Crippen molar-refractivity contribution in [3.05, 3.63) is 12.7 Å². The van der Waals surface area contributed by atoms with Crippen molar-refractivity contribution >= 4 is 23.0 Å². The van der Waals surface area contributed by atoms with Crippen LogP contribution in [-0.2, 0) is 9.53 Å². The number of rotatable bonds is 4. The molecule has 2 aromatic rings. The van der Waals surface area contributed by atoms with Gasteiger partial charge in [0.05, 0.1) is 25.5 Å². The maximum absolute atomic E-state index is 10.9. The molecule has 5 N–H and O–H groups in total. The van der Waals surface area contributed by atoms with Gasteiger partial charge in [0, 0.05) is 5.92 Å². The highest BCUT2D eigenvalue weighted by Gasteiger charge is 2.45. The summed E-state index contributed by atoms with van der Waals surface area (Å²) in [7, 11) is 0. The lowest BCUT2D eigenvalue weighted by Gasteiger charge is -2.17. The number of ether oxygens (including phenoxy) is 1. The third kappa shape index (κ3) is 2.26. The quantitative estimate of drug-likeness (QED) is 0.541. The number of nitrogen functional groups attached to an aromatic ring is 1. The fourth-order valence-corrected chi connectivity index (χ4v) is 2.71. The van der Waals surface area contributed by atoms with Gasteiger partial charge in [-0.1, -0.05) is 0 Å². The molecular formula is C12H15N5O5. The second-order valence-corrected chi connectivity index (χ2v) is 5.08. The van der Waals surface area contributed by atoms with E-state index in [4.69, 9.17) is 15.6 Å². The summed E-state index contributed by atoms with van der Waals surface area (Å²) < 4.78 is 7.05. The van der Waals surface area contributed by atoms with Gasteiger partial charge >= 0.3 is 5.97 Å². The first-order valence-corrected chi connectivity index (χ1v) is 6.62. The van der Waals surface area contributed by atoms with Crippen molar-refractivity contribution in [2.24, 2.45) is 5.92 Å². The summed E-state index contributed by atoms with van der Waals surface area (Å²) in [5, 5.41) is 28.6. The van der Waals surface area contributed by atoms with E-state index < -0.39 is 36.9 Å². The van der Waals surface area contributed by atoms with Crippen LogP contribution in [0.4, 0.5) is 5.82 Å². The maximum atomic E-state index is 10.9. The zero-order valence-electron chi connectivity index (χ0n) is 11.4. The van der Waals surface area contributed by atoms with E-state index >= 15 is 0 Å². The molecule has 3 rings (SSSR count).